The molecule has 0 saturated carbocycles. The van der Waals surface area contributed by atoms with Crippen LogP contribution in [0.15, 0.2) is 29.4 Å². The molecule has 0 aliphatic rings. The fourth-order valence-corrected chi connectivity index (χ4v) is 1.30. The number of methoxy groups -OCH3 is 1. The van der Waals surface area contributed by atoms with E-state index < -0.39 is 6.10 Å². The number of aliphatic hydroxyl groups is 1. The van der Waals surface area contributed by atoms with Crippen molar-refractivity contribution in [1.82, 2.24) is 4.98 Å². The van der Waals surface area contributed by atoms with Gasteiger partial charge in [0.25, 0.3) is 0 Å². The molecule has 70 valence electrons. The average Bonchev–Trinajstić information content (AvgIpc) is 2.16. The van der Waals surface area contributed by atoms with E-state index in [-0.39, 0.29) is 0 Å². The number of aliphatic hydroxyl groups excluding tert-OH is 1. The first-order valence-electron chi connectivity index (χ1n) is 3.69. The maximum Gasteiger partial charge on any atom is 0.219 e. The SMILES string of the molecule is C=CC(O)c1cc(Br)cnc1OC. The number of hydrogen-bond donors (Lipinski definition) is 1. The van der Waals surface area contributed by atoms with E-state index in [1.165, 1.54) is 13.2 Å². The molecule has 0 fully saturated rings. The van der Waals surface area contributed by atoms with Gasteiger partial charge in [-0.3, -0.25) is 0 Å². The zero-order valence-corrected chi connectivity index (χ0v) is 8.78. The summed E-state index contributed by atoms with van der Waals surface area (Å²) in [5.74, 6) is 0.413. The van der Waals surface area contributed by atoms with Gasteiger partial charge in [-0.25, -0.2) is 4.98 Å². The molecular formula is C9H10BrNO2. The molecule has 1 aromatic rings. The Balaban J connectivity index is 3.14. The highest BCUT2D eigenvalue weighted by Crippen LogP contribution is 2.26. The Bertz CT molecular complexity index is 314. The molecule has 1 atom stereocenters. The predicted molar refractivity (Wildman–Crippen MR) is 53.6 cm³/mol. The summed E-state index contributed by atoms with van der Waals surface area (Å²) in [6, 6.07) is 1.75. The van der Waals surface area contributed by atoms with Crippen LogP contribution in [0.5, 0.6) is 5.88 Å². The lowest BCUT2D eigenvalue weighted by Gasteiger charge is -2.10. The highest BCUT2D eigenvalue weighted by Gasteiger charge is 2.11. The molecule has 0 spiro atoms. The molecule has 0 saturated heterocycles. The van der Waals surface area contributed by atoms with Crippen LogP contribution in [0.1, 0.15) is 11.7 Å². The first-order valence-corrected chi connectivity index (χ1v) is 4.48. The minimum atomic E-state index is -0.750. The first kappa shape index (κ1) is 10.2. The summed E-state index contributed by atoms with van der Waals surface area (Å²) in [7, 11) is 1.51. The van der Waals surface area contributed by atoms with Crippen molar-refractivity contribution in [3.05, 3.63) is 35.0 Å². The quantitative estimate of drug-likeness (QED) is 0.827. The van der Waals surface area contributed by atoms with E-state index in [4.69, 9.17) is 4.74 Å². The van der Waals surface area contributed by atoms with Crippen molar-refractivity contribution in [2.24, 2.45) is 0 Å². The highest BCUT2D eigenvalue weighted by molar-refractivity contribution is 9.10. The van der Waals surface area contributed by atoms with Gasteiger partial charge in [-0.05, 0) is 22.0 Å². The zero-order valence-electron chi connectivity index (χ0n) is 7.20. The van der Waals surface area contributed by atoms with Crippen molar-refractivity contribution in [3.8, 4) is 5.88 Å². The summed E-state index contributed by atoms with van der Waals surface area (Å²) in [5.41, 5.74) is 0.604. The fourth-order valence-electron chi connectivity index (χ4n) is 0.952. The second-order valence-corrected chi connectivity index (χ2v) is 3.35. The van der Waals surface area contributed by atoms with Gasteiger partial charge in [0.2, 0.25) is 5.88 Å². The van der Waals surface area contributed by atoms with Gasteiger partial charge < -0.3 is 9.84 Å². The second kappa shape index (κ2) is 4.39. The Hall–Kier alpha value is -0.870. The van der Waals surface area contributed by atoms with Gasteiger partial charge in [-0.15, -0.1) is 6.58 Å². The number of halogens is 1. The molecule has 0 aliphatic carbocycles. The number of nitrogens with zero attached hydrogens (tertiary/aromatic N) is 1. The van der Waals surface area contributed by atoms with Gasteiger partial charge in [0.05, 0.1) is 7.11 Å². The lowest BCUT2D eigenvalue weighted by Crippen LogP contribution is -1.99. The maximum absolute atomic E-state index is 9.51. The second-order valence-electron chi connectivity index (χ2n) is 2.43. The Kier molecular flexibility index (Phi) is 3.45. The molecule has 1 N–H and O–H groups in total. The summed E-state index contributed by atoms with van der Waals surface area (Å²) in [5, 5.41) is 9.51. The van der Waals surface area contributed by atoms with Crippen molar-refractivity contribution in [3.63, 3.8) is 0 Å². The van der Waals surface area contributed by atoms with Crippen LogP contribution < -0.4 is 4.74 Å². The van der Waals surface area contributed by atoms with Crippen molar-refractivity contribution in [2.45, 2.75) is 6.10 Å². The largest absolute Gasteiger partial charge is 0.481 e. The number of pyridine rings is 1. The molecule has 1 rings (SSSR count). The fraction of sp³-hybridized carbons (Fsp3) is 0.222. The van der Waals surface area contributed by atoms with E-state index in [0.29, 0.717) is 11.4 Å². The number of hydrogen-bond acceptors (Lipinski definition) is 3. The minimum absolute atomic E-state index is 0.413. The number of aromatic nitrogens is 1. The van der Waals surface area contributed by atoms with Crippen molar-refractivity contribution in [1.29, 1.82) is 0 Å². The van der Waals surface area contributed by atoms with Gasteiger partial charge in [0.15, 0.2) is 0 Å². The van der Waals surface area contributed by atoms with E-state index in [9.17, 15) is 5.11 Å². The molecule has 0 bridgehead atoms. The van der Waals surface area contributed by atoms with Crippen molar-refractivity contribution >= 4 is 15.9 Å². The van der Waals surface area contributed by atoms with Gasteiger partial charge in [-0.2, -0.15) is 0 Å². The van der Waals surface area contributed by atoms with Crippen LogP contribution >= 0.6 is 15.9 Å². The number of ether oxygens (including phenoxy) is 1. The van der Waals surface area contributed by atoms with E-state index in [1.54, 1.807) is 12.3 Å². The Labute approximate surface area is 85.2 Å². The zero-order chi connectivity index (χ0) is 9.84. The van der Waals surface area contributed by atoms with Crippen LogP contribution in [0.4, 0.5) is 0 Å². The third kappa shape index (κ3) is 2.29. The van der Waals surface area contributed by atoms with Crippen LogP contribution in [0.3, 0.4) is 0 Å². The summed E-state index contributed by atoms with van der Waals surface area (Å²) < 4.78 is 5.78. The monoisotopic (exact) mass is 243 g/mol. The van der Waals surface area contributed by atoms with Crippen LogP contribution in [0, 0.1) is 0 Å². The lowest BCUT2D eigenvalue weighted by molar-refractivity contribution is 0.221. The summed E-state index contributed by atoms with van der Waals surface area (Å²) in [6.45, 7) is 3.49. The predicted octanol–water partition coefficient (Wildman–Crippen LogP) is 2.07. The normalized spacial score (nSPS) is 12.2. The lowest BCUT2D eigenvalue weighted by atomic mass is 10.1. The molecule has 13 heavy (non-hydrogen) atoms. The molecular weight excluding hydrogens is 234 g/mol. The van der Waals surface area contributed by atoms with E-state index in [2.05, 4.69) is 27.5 Å². The van der Waals surface area contributed by atoms with Crippen LogP contribution in [-0.4, -0.2) is 17.2 Å². The minimum Gasteiger partial charge on any atom is -0.481 e. The average molecular weight is 244 g/mol. The molecule has 4 heteroatoms. The molecule has 0 amide bonds. The molecule has 0 radical (unpaired) electrons. The molecule has 3 nitrogen and oxygen atoms in total. The van der Waals surface area contributed by atoms with Crippen molar-refractivity contribution in [2.75, 3.05) is 7.11 Å². The summed E-state index contributed by atoms with van der Waals surface area (Å²) in [4.78, 5) is 3.99. The first-order chi connectivity index (χ1) is 6.19. The molecule has 0 aromatic carbocycles. The molecule has 1 aromatic heterocycles. The topological polar surface area (TPSA) is 42.4 Å². The maximum atomic E-state index is 9.51. The van der Waals surface area contributed by atoms with E-state index in [0.717, 1.165) is 4.47 Å². The van der Waals surface area contributed by atoms with Gasteiger partial charge in [-0.1, -0.05) is 6.08 Å². The van der Waals surface area contributed by atoms with Crippen LogP contribution in [-0.2, 0) is 0 Å². The van der Waals surface area contributed by atoms with Crippen molar-refractivity contribution < 1.29 is 9.84 Å². The van der Waals surface area contributed by atoms with Gasteiger partial charge >= 0.3 is 0 Å². The number of rotatable bonds is 3. The molecule has 1 unspecified atom stereocenters. The van der Waals surface area contributed by atoms with Gasteiger partial charge in [0, 0.05) is 16.2 Å². The van der Waals surface area contributed by atoms with E-state index in [1.807, 2.05) is 0 Å². The van der Waals surface area contributed by atoms with Gasteiger partial charge in [0.1, 0.15) is 6.10 Å². The van der Waals surface area contributed by atoms with E-state index >= 15 is 0 Å². The Morgan fingerprint density at radius 3 is 3.00 bits per heavy atom. The standard InChI is InChI=1S/C9H10BrNO2/c1-3-8(12)7-4-6(10)5-11-9(7)13-2/h3-5,8,12H,1H2,2H3. The summed E-state index contributed by atoms with van der Waals surface area (Å²) in [6.07, 6.45) is 2.28. The third-order valence-electron chi connectivity index (χ3n) is 1.58. The third-order valence-corrected chi connectivity index (χ3v) is 2.01. The molecule has 1 heterocycles. The highest BCUT2D eigenvalue weighted by atomic mass is 79.9. The Morgan fingerprint density at radius 1 is 1.77 bits per heavy atom. The summed E-state index contributed by atoms with van der Waals surface area (Å²) >= 11 is 3.26. The molecule has 0 aliphatic heterocycles. The van der Waals surface area contributed by atoms with Crippen LogP contribution in [0.25, 0.3) is 0 Å². The Morgan fingerprint density at radius 2 is 2.46 bits per heavy atom. The smallest absolute Gasteiger partial charge is 0.219 e. The van der Waals surface area contributed by atoms with Crippen LogP contribution in [0.2, 0.25) is 0 Å².